The highest BCUT2D eigenvalue weighted by atomic mass is 19.1. The second kappa shape index (κ2) is 4.58. The second-order valence-electron chi connectivity index (χ2n) is 3.47. The molecule has 0 N–H and O–H groups in total. The molecule has 0 spiro atoms. The molecule has 0 saturated heterocycles. The normalized spacial score (nSPS) is 9.71. The lowest BCUT2D eigenvalue weighted by molar-refractivity contribution is 0.627. The lowest BCUT2D eigenvalue weighted by Crippen LogP contribution is -2.10. The minimum absolute atomic E-state index is 0.281. The number of benzene rings is 1. The first-order valence-corrected chi connectivity index (χ1v) is 4.90. The Morgan fingerprint density at radius 2 is 1.88 bits per heavy atom. The maximum Gasteiger partial charge on any atom is 0.126 e. The van der Waals surface area contributed by atoms with Crippen LogP contribution in [0, 0.1) is 17.1 Å². The number of hydrogen-bond donors (Lipinski definition) is 0. The molecule has 1 aromatic heterocycles. The summed E-state index contributed by atoms with van der Waals surface area (Å²) in [4.78, 5) is 9.48. The summed E-state index contributed by atoms with van der Waals surface area (Å²) in [6.45, 7) is 0. The first kappa shape index (κ1) is 11.0. The zero-order valence-electron chi connectivity index (χ0n) is 9.13. The number of nitriles is 1. The highest BCUT2D eigenvalue weighted by Gasteiger charge is 2.07. The summed E-state index contributed by atoms with van der Waals surface area (Å²) in [7, 11) is 1.76. The van der Waals surface area contributed by atoms with E-state index in [1.165, 1.54) is 18.5 Å². The van der Waals surface area contributed by atoms with Crippen LogP contribution in [-0.2, 0) is 0 Å². The molecule has 1 aromatic carbocycles. The van der Waals surface area contributed by atoms with Crippen LogP contribution in [0.25, 0.3) is 0 Å². The molecule has 84 valence electrons. The van der Waals surface area contributed by atoms with Crippen LogP contribution in [0.5, 0.6) is 0 Å². The smallest absolute Gasteiger partial charge is 0.126 e. The van der Waals surface area contributed by atoms with E-state index >= 15 is 0 Å². The SMILES string of the molecule is CN(c1cncnc1)c1cc(F)cc(C#N)c1. The summed E-state index contributed by atoms with van der Waals surface area (Å²) in [5.41, 5.74) is 1.59. The van der Waals surface area contributed by atoms with Crippen LogP contribution in [0.2, 0.25) is 0 Å². The van der Waals surface area contributed by atoms with Gasteiger partial charge < -0.3 is 4.90 Å². The maximum absolute atomic E-state index is 13.3. The number of anilines is 2. The van der Waals surface area contributed by atoms with E-state index in [9.17, 15) is 4.39 Å². The van der Waals surface area contributed by atoms with Gasteiger partial charge in [-0.2, -0.15) is 5.26 Å². The van der Waals surface area contributed by atoms with Gasteiger partial charge >= 0.3 is 0 Å². The minimum atomic E-state index is -0.442. The molecule has 0 fully saturated rings. The fourth-order valence-corrected chi connectivity index (χ4v) is 1.45. The summed E-state index contributed by atoms with van der Waals surface area (Å²) in [5.74, 6) is -0.442. The van der Waals surface area contributed by atoms with Crippen molar-refractivity contribution in [2.24, 2.45) is 0 Å². The summed E-state index contributed by atoms with van der Waals surface area (Å²) in [6.07, 6.45) is 4.65. The number of aromatic nitrogens is 2. The van der Waals surface area contributed by atoms with E-state index < -0.39 is 5.82 Å². The van der Waals surface area contributed by atoms with E-state index in [0.717, 1.165) is 5.69 Å². The Kier molecular flexibility index (Phi) is 2.97. The average molecular weight is 228 g/mol. The molecule has 0 aliphatic rings. The van der Waals surface area contributed by atoms with Crippen molar-refractivity contribution in [3.63, 3.8) is 0 Å². The van der Waals surface area contributed by atoms with E-state index in [2.05, 4.69) is 9.97 Å². The molecule has 17 heavy (non-hydrogen) atoms. The number of nitrogens with zero attached hydrogens (tertiary/aromatic N) is 4. The van der Waals surface area contributed by atoms with Gasteiger partial charge in [-0.25, -0.2) is 14.4 Å². The highest BCUT2D eigenvalue weighted by Crippen LogP contribution is 2.23. The van der Waals surface area contributed by atoms with Gasteiger partial charge in [0.15, 0.2) is 0 Å². The first-order valence-electron chi connectivity index (χ1n) is 4.90. The zero-order chi connectivity index (χ0) is 12.3. The number of rotatable bonds is 2. The fourth-order valence-electron chi connectivity index (χ4n) is 1.45. The van der Waals surface area contributed by atoms with Gasteiger partial charge in [0.05, 0.1) is 29.7 Å². The van der Waals surface area contributed by atoms with E-state index in [4.69, 9.17) is 5.26 Å². The van der Waals surface area contributed by atoms with Crippen LogP contribution in [0.3, 0.4) is 0 Å². The minimum Gasteiger partial charge on any atom is -0.342 e. The summed E-state index contributed by atoms with van der Waals surface area (Å²) >= 11 is 0. The summed E-state index contributed by atoms with van der Waals surface area (Å²) in [5, 5.41) is 8.78. The summed E-state index contributed by atoms with van der Waals surface area (Å²) in [6, 6.07) is 6.07. The van der Waals surface area contributed by atoms with Gasteiger partial charge in [-0.15, -0.1) is 0 Å². The van der Waals surface area contributed by atoms with Crippen LogP contribution in [-0.4, -0.2) is 17.0 Å². The molecular formula is C12H9FN4. The molecule has 2 aromatic rings. The highest BCUT2D eigenvalue weighted by molar-refractivity contribution is 5.62. The molecule has 0 unspecified atom stereocenters. The van der Waals surface area contributed by atoms with Gasteiger partial charge in [0.1, 0.15) is 12.1 Å². The summed E-state index contributed by atoms with van der Waals surface area (Å²) < 4.78 is 13.3. The number of hydrogen-bond acceptors (Lipinski definition) is 4. The average Bonchev–Trinajstić information content (AvgIpc) is 2.38. The van der Waals surface area contributed by atoms with Crippen LogP contribution >= 0.6 is 0 Å². The number of halogens is 1. The third-order valence-electron chi connectivity index (χ3n) is 2.33. The van der Waals surface area contributed by atoms with Crippen molar-refractivity contribution in [2.45, 2.75) is 0 Å². The van der Waals surface area contributed by atoms with Crippen LogP contribution in [0.1, 0.15) is 5.56 Å². The lowest BCUT2D eigenvalue weighted by atomic mass is 10.2. The largest absolute Gasteiger partial charge is 0.342 e. The topological polar surface area (TPSA) is 52.8 Å². The molecule has 2 rings (SSSR count). The van der Waals surface area contributed by atoms with Crippen molar-refractivity contribution in [2.75, 3.05) is 11.9 Å². The van der Waals surface area contributed by atoms with Gasteiger partial charge in [0.2, 0.25) is 0 Å². The predicted octanol–water partition coefficient (Wildman–Crippen LogP) is 2.26. The monoisotopic (exact) mass is 228 g/mol. The molecular weight excluding hydrogens is 219 g/mol. The van der Waals surface area contributed by atoms with Crippen molar-refractivity contribution in [3.8, 4) is 6.07 Å². The maximum atomic E-state index is 13.3. The van der Waals surface area contributed by atoms with E-state index in [1.807, 2.05) is 6.07 Å². The quantitative estimate of drug-likeness (QED) is 0.791. The zero-order valence-corrected chi connectivity index (χ0v) is 9.13. The Balaban J connectivity index is 2.41. The van der Waals surface area contributed by atoms with Crippen LogP contribution < -0.4 is 4.90 Å². The molecule has 0 saturated carbocycles. The van der Waals surface area contributed by atoms with Crippen molar-refractivity contribution in [1.82, 2.24) is 9.97 Å². The van der Waals surface area contributed by atoms with E-state index in [1.54, 1.807) is 30.4 Å². The second-order valence-corrected chi connectivity index (χ2v) is 3.47. The molecule has 0 radical (unpaired) electrons. The van der Waals surface area contributed by atoms with Crippen LogP contribution in [0.4, 0.5) is 15.8 Å². The van der Waals surface area contributed by atoms with Gasteiger partial charge in [-0.1, -0.05) is 0 Å². The molecule has 0 aliphatic heterocycles. The van der Waals surface area contributed by atoms with E-state index in [0.29, 0.717) is 5.69 Å². The Morgan fingerprint density at radius 1 is 1.18 bits per heavy atom. The Hall–Kier alpha value is -2.48. The van der Waals surface area contributed by atoms with Crippen molar-refractivity contribution < 1.29 is 4.39 Å². The van der Waals surface area contributed by atoms with E-state index in [-0.39, 0.29) is 5.56 Å². The molecule has 5 heteroatoms. The molecule has 0 atom stereocenters. The molecule has 4 nitrogen and oxygen atoms in total. The van der Waals surface area contributed by atoms with Gasteiger partial charge in [-0.05, 0) is 18.2 Å². The Morgan fingerprint density at radius 3 is 2.53 bits per heavy atom. The van der Waals surface area contributed by atoms with Gasteiger partial charge in [-0.3, -0.25) is 0 Å². The third kappa shape index (κ3) is 2.37. The van der Waals surface area contributed by atoms with Crippen molar-refractivity contribution in [3.05, 3.63) is 48.3 Å². The van der Waals surface area contributed by atoms with Gasteiger partial charge in [0.25, 0.3) is 0 Å². The Bertz CT molecular complexity index is 562. The van der Waals surface area contributed by atoms with Crippen molar-refractivity contribution in [1.29, 1.82) is 5.26 Å². The lowest BCUT2D eigenvalue weighted by Gasteiger charge is -2.18. The predicted molar refractivity (Wildman–Crippen MR) is 61.2 cm³/mol. The standard InChI is InChI=1S/C12H9FN4/c1-17(12-6-15-8-16-7-12)11-3-9(5-14)2-10(13)4-11/h2-4,6-8H,1H3. The molecule has 1 heterocycles. The van der Waals surface area contributed by atoms with Gasteiger partial charge in [0, 0.05) is 12.7 Å². The molecule has 0 amide bonds. The molecule has 0 aliphatic carbocycles. The fraction of sp³-hybridized carbons (Fsp3) is 0.0833. The van der Waals surface area contributed by atoms with Crippen LogP contribution in [0.15, 0.2) is 36.9 Å². The molecule has 0 bridgehead atoms. The third-order valence-corrected chi connectivity index (χ3v) is 2.33. The first-order chi connectivity index (χ1) is 8.20. The Labute approximate surface area is 98.0 Å². The van der Waals surface area contributed by atoms with Crippen molar-refractivity contribution >= 4 is 11.4 Å².